The Kier molecular flexibility index (Phi) is 5.29. The van der Waals surface area contributed by atoms with Crippen molar-refractivity contribution in [1.82, 2.24) is 15.3 Å². The van der Waals surface area contributed by atoms with E-state index in [0.717, 1.165) is 18.1 Å². The van der Waals surface area contributed by atoms with Crippen LogP contribution in [0.2, 0.25) is 0 Å². The fourth-order valence-corrected chi connectivity index (χ4v) is 2.64. The third kappa shape index (κ3) is 4.75. The van der Waals surface area contributed by atoms with Crippen molar-refractivity contribution in [3.05, 3.63) is 48.3 Å². The van der Waals surface area contributed by atoms with Gasteiger partial charge in [0.05, 0.1) is 18.8 Å². The number of hydrogen-bond acceptors (Lipinski definition) is 5. The lowest BCUT2D eigenvalue weighted by Crippen LogP contribution is -2.23. The van der Waals surface area contributed by atoms with E-state index in [9.17, 15) is 18.0 Å². The monoisotopic (exact) mass is 379 g/mol. The van der Waals surface area contributed by atoms with Crippen LogP contribution >= 0.6 is 0 Å². The smallest absolute Gasteiger partial charge is 0.477 e. The van der Waals surface area contributed by atoms with Gasteiger partial charge in [0.2, 0.25) is 11.8 Å². The Bertz CT molecular complexity index is 851. The second kappa shape index (κ2) is 7.65. The van der Waals surface area contributed by atoms with Gasteiger partial charge in [-0.25, -0.2) is 4.98 Å². The highest BCUT2D eigenvalue weighted by atomic mass is 19.4. The number of aromatic nitrogens is 2. The lowest BCUT2D eigenvalue weighted by Gasteiger charge is -2.20. The highest BCUT2D eigenvalue weighted by molar-refractivity contribution is 5.86. The topological polar surface area (TPSA) is 73.3 Å². The van der Waals surface area contributed by atoms with Crippen LogP contribution < -0.4 is 14.8 Å². The van der Waals surface area contributed by atoms with Crippen molar-refractivity contribution in [2.24, 2.45) is 0 Å². The molecule has 0 radical (unpaired) electrons. The first kappa shape index (κ1) is 18.7. The van der Waals surface area contributed by atoms with E-state index >= 15 is 0 Å². The lowest BCUT2D eigenvalue weighted by atomic mass is 10.0. The number of hydrogen-bond donors (Lipinski definition) is 1. The number of rotatable bonds is 5. The highest BCUT2D eigenvalue weighted by Gasteiger charge is 2.31. The Morgan fingerprint density at radius 3 is 2.70 bits per heavy atom. The number of nitrogens with zero attached hydrogens (tertiary/aromatic N) is 2. The van der Waals surface area contributed by atoms with Gasteiger partial charge in [0, 0.05) is 11.1 Å². The van der Waals surface area contributed by atoms with Gasteiger partial charge in [0.15, 0.2) is 5.82 Å². The molecule has 27 heavy (non-hydrogen) atoms. The molecule has 2 heterocycles. The zero-order valence-electron chi connectivity index (χ0n) is 14.2. The molecule has 1 aromatic heterocycles. The minimum absolute atomic E-state index is 0.0732. The van der Waals surface area contributed by atoms with Crippen molar-refractivity contribution in [1.29, 1.82) is 0 Å². The molecule has 2 aromatic rings. The van der Waals surface area contributed by atoms with Crippen molar-refractivity contribution in [3.8, 4) is 22.9 Å². The van der Waals surface area contributed by atoms with Gasteiger partial charge < -0.3 is 14.8 Å². The molecule has 0 atom stereocenters. The van der Waals surface area contributed by atoms with Crippen LogP contribution in [-0.2, 0) is 17.8 Å². The van der Waals surface area contributed by atoms with Crippen molar-refractivity contribution in [2.75, 3.05) is 6.61 Å². The molecule has 0 aliphatic carbocycles. The van der Waals surface area contributed by atoms with E-state index in [1.807, 2.05) is 0 Å². The number of halogens is 3. The van der Waals surface area contributed by atoms with Crippen LogP contribution in [0.5, 0.6) is 11.6 Å². The summed E-state index contributed by atoms with van der Waals surface area (Å²) >= 11 is 0. The number of carbonyl (C=O) groups excluding carboxylic acids is 1. The van der Waals surface area contributed by atoms with Crippen molar-refractivity contribution < 1.29 is 27.4 Å². The SMILES string of the molecule is C=CC(=O)NCc1nc2c(c(-c3ccc(OC(F)(F)F)cc3)n1)CCCO2. The molecule has 0 unspecified atom stereocenters. The largest absolute Gasteiger partial charge is 0.573 e. The molecule has 9 heteroatoms. The van der Waals surface area contributed by atoms with Crippen LogP contribution in [-0.4, -0.2) is 28.8 Å². The maximum atomic E-state index is 12.3. The molecule has 1 N–H and O–H groups in total. The quantitative estimate of drug-likeness (QED) is 0.808. The van der Waals surface area contributed by atoms with Crippen LogP contribution in [0.4, 0.5) is 13.2 Å². The molecule has 1 aromatic carbocycles. The minimum Gasteiger partial charge on any atom is -0.477 e. The fraction of sp³-hybridized carbons (Fsp3) is 0.278. The molecule has 0 saturated heterocycles. The van der Waals surface area contributed by atoms with Gasteiger partial charge in [-0.1, -0.05) is 6.58 Å². The maximum absolute atomic E-state index is 12.3. The summed E-state index contributed by atoms with van der Waals surface area (Å²) in [6.45, 7) is 3.96. The van der Waals surface area contributed by atoms with Crippen LogP contribution in [0.15, 0.2) is 36.9 Å². The number of ether oxygens (including phenoxy) is 2. The maximum Gasteiger partial charge on any atom is 0.573 e. The van der Waals surface area contributed by atoms with E-state index in [0.29, 0.717) is 36.0 Å². The first-order valence-electron chi connectivity index (χ1n) is 8.15. The summed E-state index contributed by atoms with van der Waals surface area (Å²) in [6, 6.07) is 5.43. The predicted octanol–water partition coefficient (Wildman–Crippen LogP) is 3.17. The van der Waals surface area contributed by atoms with Gasteiger partial charge in [-0.3, -0.25) is 4.79 Å². The third-order valence-electron chi connectivity index (χ3n) is 3.79. The molecule has 6 nitrogen and oxygen atoms in total. The van der Waals surface area contributed by atoms with Crippen LogP contribution in [0.3, 0.4) is 0 Å². The summed E-state index contributed by atoms with van der Waals surface area (Å²) in [7, 11) is 0. The summed E-state index contributed by atoms with van der Waals surface area (Å²) in [4.78, 5) is 20.1. The van der Waals surface area contributed by atoms with Gasteiger partial charge in [0.25, 0.3) is 0 Å². The molecule has 0 fully saturated rings. The molecule has 0 saturated carbocycles. The minimum atomic E-state index is -4.75. The van der Waals surface area contributed by atoms with Gasteiger partial charge >= 0.3 is 6.36 Å². The summed E-state index contributed by atoms with van der Waals surface area (Å²) in [5.74, 6) is 0.0672. The van der Waals surface area contributed by atoms with Gasteiger partial charge in [-0.15, -0.1) is 13.2 Å². The second-order valence-electron chi connectivity index (χ2n) is 5.72. The van der Waals surface area contributed by atoms with Gasteiger partial charge in [-0.2, -0.15) is 4.98 Å². The Morgan fingerprint density at radius 1 is 1.30 bits per heavy atom. The molecule has 142 valence electrons. The Morgan fingerprint density at radius 2 is 2.04 bits per heavy atom. The summed E-state index contributed by atoms with van der Waals surface area (Å²) in [6.07, 6.45) is -2.15. The normalized spacial score (nSPS) is 13.3. The van der Waals surface area contributed by atoms with E-state index in [-0.39, 0.29) is 18.2 Å². The second-order valence-corrected chi connectivity index (χ2v) is 5.72. The van der Waals surface area contributed by atoms with E-state index in [4.69, 9.17) is 4.74 Å². The van der Waals surface area contributed by atoms with Gasteiger partial charge in [0.1, 0.15) is 5.75 Å². The molecule has 0 spiro atoms. The standard InChI is InChI=1S/C18H16F3N3O3/c1-2-15(25)22-10-14-23-16(13-4-3-9-26-17(13)24-14)11-5-7-12(8-6-11)27-18(19,20)21/h2,5-8H,1,3-4,9-10H2,(H,22,25). The molecule has 1 aliphatic heterocycles. The van der Waals surface area contributed by atoms with Crippen LogP contribution in [0.1, 0.15) is 17.8 Å². The third-order valence-corrected chi connectivity index (χ3v) is 3.79. The van der Waals surface area contributed by atoms with E-state index < -0.39 is 6.36 Å². The van der Waals surface area contributed by atoms with Crippen LogP contribution in [0, 0.1) is 0 Å². The predicted molar refractivity (Wildman–Crippen MR) is 90.0 cm³/mol. The Balaban J connectivity index is 1.93. The van der Waals surface area contributed by atoms with E-state index in [1.54, 1.807) is 0 Å². The highest BCUT2D eigenvalue weighted by Crippen LogP contribution is 2.33. The Hall–Kier alpha value is -3.10. The molecule has 3 rings (SSSR count). The number of amides is 1. The number of alkyl halides is 3. The lowest BCUT2D eigenvalue weighted by molar-refractivity contribution is -0.274. The van der Waals surface area contributed by atoms with Gasteiger partial charge in [-0.05, 0) is 43.2 Å². The number of carbonyl (C=O) groups is 1. The average Bonchev–Trinajstić information content (AvgIpc) is 2.65. The molecule has 1 amide bonds. The first-order valence-corrected chi connectivity index (χ1v) is 8.15. The van der Waals surface area contributed by atoms with Crippen molar-refractivity contribution >= 4 is 5.91 Å². The average molecular weight is 379 g/mol. The Labute approximate surface area is 153 Å². The van der Waals surface area contributed by atoms with E-state index in [2.05, 4.69) is 26.6 Å². The van der Waals surface area contributed by atoms with Crippen molar-refractivity contribution in [2.45, 2.75) is 25.7 Å². The van der Waals surface area contributed by atoms with Crippen molar-refractivity contribution in [3.63, 3.8) is 0 Å². The fourth-order valence-electron chi connectivity index (χ4n) is 2.64. The molecule has 1 aliphatic rings. The molecular weight excluding hydrogens is 363 g/mol. The summed E-state index contributed by atoms with van der Waals surface area (Å²) < 4.78 is 46.4. The number of fused-ring (bicyclic) bond motifs is 1. The summed E-state index contributed by atoms with van der Waals surface area (Å²) in [5, 5.41) is 2.59. The number of benzene rings is 1. The molecular formula is C18H16F3N3O3. The molecule has 0 bridgehead atoms. The van der Waals surface area contributed by atoms with Crippen LogP contribution in [0.25, 0.3) is 11.3 Å². The summed E-state index contributed by atoms with van der Waals surface area (Å²) in [5.41, 5.74) is 1.94. The zero-order valence-corrected chi connectivity index (χ0v) is 14.2. The number of nitrogens with one attached hydrogen (secondary N) is 1. The van der Waals surface area contributed by atoms with E-state index in [1.165, 1.54) is 24.3 Å². The zero-order chi connectivity index (χ0) is 19.4. The first-order chi connectivity index (χ1) is 12.9.